The zero-order valence-corrected chi connectivity index (χ0v) is 64.4. The highest BCUT2D eigenvalue weighted by Crippen LogP contribution is 2.36. The normalized spacial score (nSPS) is 11.5. The van der Waals surface area contributed by atoms with Crippen LogP contribution in [0.5, 0.6) is 0 Å². The van der Waals surface area contributed by atoms with Gasteiger partial charge in [0.15, 0.2) is 0 Å². The highest BCUT2D eigenvalue weighted by atomic mass is 16.2. The monoisotopic (exact) mass is 1280 g/mol. The molecular weight excluding hydrogens is 1160 g/mol. The van der Waals surface area contributed by atoms with Crippen LogP contribution >= 0.6 is 0 Å². The summed E-state index contributed by atoms with van der Waals surface area (Å²) in [5.74, 6) is 0.515. The molecule has 95 heavy (non-hydrogen) atoms. The second kappa shape index (κ2) is 43.6. The van der Waals surface area contributed by atoms with Gasteiger partial charge < -0.3 is 4.40 Å². The van der Waals surface area contributed by atoms with E-state index >= 15 is 0 Å². The minimum Gasteiger partial charge on any atom is -0.307 e. The van der Waals surface area contributed by atoms with Gasteiger partial charge >= 0.3 is 0 Å². The molecule has 0 saturated heterocycles. The first-order valence-corrected chi connectivity index (χ1v) is 34.8. The van der Waals surface area contributed by atoms with Gasteiger partial charge in [-0.3, -0.25) is 19.5 Å². The van der Waals surface area contributed by atoms with Gasteiger partial charge in [-0.15, -0.1) is 0 Å². The van der Waals surface area contributed by atoms with Gasteiger partial charge in [-0.05, 0) is 133 Å². The molecular formula is C87H124N6O2. The average Bonchev–Trinajstić information content (AvgIpc) is 1.63. The van der Waals surface area contributed by atoms with E-state index in [0.717, 1.165) is 34.8 Å². The lowest BCUT2D eigenvalue weighted by molar-refractivity contribution is 0.0507. The number of imidazole rings is 1. The van der Waals surface area contributed by atoms with Crippen molar-refractivity contribution in [1.82, 2.24) is 29.2 Å². The van der Waals surface area contributed by atoms with Crippen molar-refractivity contribution in [2.45, 2.75) is 229 Å². The molecule has 2 amide bonds. The van der Waals surface area contributed by atoms with Gasteiger partial charge in [0, 0.05) is 46.8 Å². The standard InChI is InChI=1S/C14H16.C13H16.C12H13NO2.C10H9N.C10H14.C8H8N2.C8H12N2.6C2H6/c1-14(2,3)13-9-8-11-6-4-5-7-12(11)10-13;1-13(2,3)12-8-10-6-4-5-7-11(10)9-12;1-12(2,3)13-10(14)8-6-4-5-7-9(8)11(13)15;1-8-6-7-9-4-2-3-5-10(9)11-8;1-10(2,3)9-7-5-4-6-8-9;1-7-6-10-5-3-2-4-8(10)9-7;1-8(2,3)7-9-5-4-6-10-7;6*1-2/h4-10H,1-3H3;4-8H,9H2,1-3H3;4-7H,1-3H3;2-7H,1H3;4-8H,1-3H3;2-6H,1H3;4-6H,1-3H3;6*1-2H3. The molecule has 514 valence electrons. The van der Waals surface area contributed by atoms with E-state index in [9.17, 15) is 9.59 Å². The first-order valence-electron chi connectivity index (χ1n) is 34.8. The highest BCUT2D eigenvalue weighted by molar-refractivity contribution is 6.21. The second-order valence-electron chi connectivity index (χ2n) is 26.2. The topological polar surface area (TPSA) is 93.4 Å². The average molecular weight is 1290 g/mol. The van der Waals surface area contributed by atoms with Crippen molar-refractivity contribution in [3.63, 3.8) is 0 Å². The predicted octanol–water partition coefficient (Wildman–Crippen LogP) is 25.0. The third-order valence-electron chi connectivity index (χ3n) is 13.9. The number of allylic oxidation sites excluding steroid dienone is 1. The Balaban J connectivity index is 0.00000106. The van der Waals surface area contributed by atoms with Crippen LogP contribution in [0.1, 0.15) is 247 Å². The van der Waals surface area contributed by atoms with Crippen LogP contribution in [-0.2, 0) is 22.7 Å². The SMILES string of the molecule is CC.CC.CC.CC.CC.CC.CC(C)(C)C1=Cc2ccccc2C1.CC(C)(C)N1C(=O)c2ccccc2C1=O.CC(C)(C)c1ccc2ccccc2c1.CC(C)(C)c1ccccc1.CC(C)(C)c1ncccn1.Cc1ccc2ccccc2n1.Cc1cn2ccccc2n1. The number of hydrogen-bond donors (Lipinski definition) is 0. The third kappa shape index (κ3) is 29.4. The summed E-state index contributed by atoms with van der Waals surface area (Å²) < 4.78 is 2.01. The van der Waals surface area contributed by atoms with Crippen molar-refractivity contribution in [3.8, 4) is 0 Å². The van der Waals surface area contributed by atoms with Gasteiger partial charge in [-0.25, -0.2) is 15.0 Å². The van der Waals surface area contributed by atoms with Crippen LogP contribution in [0.15, 0.2) is 212 Å². The summed E-state index contributed by atoms with van der Waals surface area (Å²) >= 11 is 0. The Morgan fingerprint density at radius 3 is 1.33 bits per heavy atom. The summed E-state index contributed by atoms with van der Waals surface area (Å²) in [6.45, 7) is 60.1. The van der Waals surface area contributed by atoms with Gasteiger partial charge in [-0.1, -0.05) is 317 Å². The first-order chi connectivity index (χ1) is 45.0. The molecule has 12 rings (SSSR count). The number of aryl methyl sites for hydroxylation is 2. The van der Waals surface area contributed by atoms with Crippen LogP contribution in [0.3, 0.4) is 0 Å². The van der Waals surface area contributed by atoms with Crippen molar-refractivity contribution >= 4 is 45.2 Å². The quantitative estimate of drug-likeness (QED) is 0.140. The van der Waals surface area contributed by atoms with E-state index in [0.29, 0.717) is 22.0 Å². The van der Waals surface area contributed by atoms with Crippen molar-refractivity contribution in [1.29, 1.82) is 0 Å². The van der Waals surface area contributed by atoms with Crippen LogP contribution in [0.25, 0.3) is 33.4 Å². The summed E-state index contributed by atoms with van der Waals surface area (Å²) in [7, 11) is 0. The maximum atomic E-state index is 12.0. The van der Waals surface area contributed by atoms with Gasteiger partial charge in [0.05, 0.1) is 22.3 Å². The van der Waals surface area contributed by atoms with Crippen LogP contribution in [0.2, 0.25) is 0 Å². The van der Waals surface area contributed by atoms with E-state index < -0.39 is 5.54 Å². The molecule has 0 fully saturated rings. The van der Waals surface area contributed by atoms with E-state index in [-0.39, 0.29) is 22.6 Å². The number of pyridine rings is 2. The number of carbonyl (C=O) groups is 2. The molecule has 0 radical (unpaired) electrons. The van der Waals surface area contributed by atoms with Gasteiger partial charge in [-0.2, -0.15) is 0 Å². The Labute approximate surface area is 578 Å². The maximum absolute atomic E-state index is 12.0. The molecule has 6 aromatic carbocycles. The molecule has 8 heteroatoms. The zero-order chi connectivity index (χ0) is 72.8. The summed E-state index contributed by atoms with van der Waals surface area (Å²) in [5.41, 5.74) is 12.9. The fourth-order valence-corrected chi connectivity index (χ4v) is 9.07. The van der Waals surface area contributed by atoms with Crippen molar-refractivity contribution in [2.75, 3.05) is 0 Å². The molecule has 0 N–H and O–H groups in total. The second-order valence-corrected chi connectivity index (χ2v) is 26.2. The van der Waals surface area contributed by atoms with Gasteiger partial charge in [0.1, 0.15) is 11.5 Å². The number of aromatic nitrogens is 5. The molecule has 8 nitrogen and oxygen atoms in total. The Morgan fingerprint density at radius 1 is 0.389 bits per heavy atom. The lowest BCUT2D eigenvalue weighted by Gasteiger charge is -2.29. The number of fused-ring (bicyclic) bond motifs is 5. The molecule has 4 aromatic heterocycles. The Morgan fingerprint density at radius 2 is 0.853 bits per heavy atom. The van der Waals surface area contributed by atoms with Gasteiger partial charge in [0.2, 0.25) is 0 Å². The smallest absolute Gasteiger partial charge is 0.262 e. The van der Waals surface area contributed by atoms with E-state index in [4.69, 9.17) is 0 Å². The summed E-state index contributed by atoms with van der Waals surface area (Å²) in [6, 6.07) is 61.4. The third-order valence-corrected chi connectivity index (χ3v) is 13.9. The molecule has 0 atom stereocenters. The zero-order valence-electron chi connectivity index (χ0n) is 64.4. The number of rotatable bonds is 0. The fourth-order valence-electron chi connectivity index (χ4n) is 9.07. The van der Waals surface area contributed by atoms with E-state index in [1.807, 2.05) is 183 Å². The minimum atomic E-state index is -0.465. The highest BCUT2D eigenvalue weighted by Gasteiger charge is 2.41. The lowest BCUT2D eigenvalue weighted by atomic mass is 9.85. The molecule has 1 aliphatic carbocycles. The number of benzene rings is 6. The number of hydrogen-bond acceptors (Lipinski definition) is 6. The Hall–Kier alpha value is -8.36. The van der Waals surface area contributed by atoms with E-state index in [1.165, 1.54) is 43.3 Å². The predicted molar refractivity (Wildman–Crippen MR) is 417 cm³/mol. The molecule has 5 heterocycles. The van der Waals surface area contributed by atoms with Crippen LogP contribution in [0, 0.1) is 19.3 Å². The number of amides is 2. The summed E-state index contributed by atoms with van der Waals surface area (Å²) in [6.07, 6.45) is 11.0. The summed E-state index contributed by atoms with van der Waals surface area (Å²) in [5, 5.41) is 3.86. The van der Waals surface area contributed by atoms with Crippen LogP contribution in [0.4, 0.5) is 0 Å². The largest absolute Gasteiger partial charge is 0.307 e. The molecule has 0 spiro atoms. The Bertz CT molecular complexity index is 3630. The van der Waals surface area contributed by atoms with Crippen LogP contribution in [-0.4, -0.2) is 46.6 Å². The molecule has 1 aliphatic heterocycles. The van der Waals surface area contributed by atoms with E-state index in [2.05, 4.69) is 218 Å². The maximum Gasteiger partial charge on any atom is 0.262 e. The van der Waals surface area contributed by atoms with Crippen molar-refractivity contribution < 1.29 is 9.59 Å². The summed E-state index contributed by atoms with van der Waals surface area (Å²) in [4.78, 5) is 42.2. The van der Waals surface area contributed by atoms with Gasteiger partial charge in [0.25, 0.3) is 11.8 Å². The van der Waals surface area contributed by atoms with Crippen molar-refractivity contribution in [3.05, 3.63) is 263 Å². The number of nitrogens with zero attached hydrogens (tertiary/aromatic N) is 6. The number of imide groups is 1. The Kier molecular flexibility index (Phi) is 39.8. The number of para-hydroxylation sites is 1. The lowest BCUT2D eigenvalue weighted by Crippen LogP contribution is -2.45. The van der Waals surface area contributed by atoms with Crippen LogP contribution < -0.4 is 0 Å². The fraction of sp³-hybridized carbons (Fsp3) is 0.402. The molecule has 0 saturated carbocycles. The molecule has 0 bridgehead atoms. The van der Waals surface area contributed by atoms with E-state index in [1.54, 1.807) is 42.2 Å². The molecule has 10 aromatic rings. The molecule has 2 aliphatic rings. The molecule has 0 unspecified atom stereocenters. The number of carbonyl (C=O) groups excluding carboxylic acids is 2. The van der Waals surface area contributed by atoms with Crippen molar-refractivity contribution in [2.24, 2.45) is 5.41 Å². The minimum absolute atomic E-state index is 0.0707. The first kappa shape index (κ1) is 86.6.